The minimum Gasteiger partial charge on any atom is -0.345 e. The predicted molar refractivity (Wildman–Crippen MR) is 102 cm³/mol. The Morgan fingerprint density at radius 1 is 1.12 bits per heavy atom. The van der Waals surface area contributed by atoms with E-state index in [9.17, 15) is 9.00 Å². The number of benzene rings is 2. The van der Waals surface area contributed by atoms with E-state index in [4.69, 9.17) is 4.74 Å². The lowest BCUT2D eigenvalue weighted by Gasteiger charge is -2.20. The quantitative estimate of drug-likeness (QED) is 0.758. The zero-order valence-electron chi connectivity index (χ0n) is 14.3. The molecule has 1 N–H and O–H groups in total. The van der Waals surface area contributed by atoms with Gasteiger partial charge in [0.2, 0.25) is 5.60 Å². The van der Waals surface area contributed by atoms with E-state index in [0.717, 1.165) is 15.6 Å². The first-order chi connectivity index (χ1) is 11.7. The third-order valence-electron chi connectivity index (χ3n) is 4.07. The summed E-state index contributed by atoms with van der Waals surface area (Å²) in [6, 6.07) is 17.0. The van der Waals surface area contributed by atoms with Crippen LogP contribution in [0.25, 0.3) is 0 Å². The summed E-state index contributed by atoms with van der Waals surface area (Å²) < 4.78 is 21.4. The third kappa shape index (κ3) is 3.57. The van der Waals surface area contributed by atoms with Crippen LogP contribution in [0.2, 0.25) is 0 Å². The van der Waals surface area contributed by atoms with Gasteiger partial charge < -0.3 is 4.74 Å². The molecule has 3 rings (SSSR count). The molecule has 1 saturated heterocycles. The maximum Gasteiger partial charge on any atom is 0.271 e. The number of hydrogen-bond donors (Lipinski definition) is 1. The number of epoxide rings is 1. The van der Waals surface area contributed by atoms with Gasteiger partial charge in [-0.25, -0.2) is 4.21 Å². The molecule has 0 spiro atoms. The minimum atomic E-state index is -1.51. The maximum atomic E-state index is 13.0. The Morgan fingerprint density at radius 2 is 1.72 bits per heavy atom. The van der Waals surface area contributed by atoms with Crippen molar-refractivity contribution < 1.29 is 13.7 Å². The molecule has 1 fully saturated rings. The maximum absolute atomic E-state index is 13.0. The zero-order chi connectivity index (χ0) is 18.2. The van der Waals surface area contributed by atoms with Crippen LogP contribution in [0, 0.1) is 0 Å². The fourth-order valence-electron chi connectivity index (χ4n) is 2.61. The van der Waals surface area contributed by atoms with Crippen molar-refractivity contribution >= 4 is 32.8 Å². The van der Waals surface area contributed by atoms with Crippen molar-refractivity contribution in [3.05, 3.63) is 70.2 Å². The van der Waals surface area contributed by atoms with Crippen LogP contribution < -0.4 is 4.72 Å². The molecule has 0 bridgehead atoms. The van der Waals surface area contributed by atoms with Gasteiger partial charge in [0.15, 0.2) is 0 Å². The minimum absolute atomic E-state index is 0.375. The molecule has 2 aromatic rings. The van der Waals surface area contributed by atoms with Crippen LogP contribution in [0.15, 0.2) is 59.1 Å². The van der Waals surface area contributed by atoms with Gasteiger partial charge in [0, 0.05) is 4.47 Å². The first kappa shape index (κ1) is 18.3. The topological polar surface area (TPSA) is 58.7 Å². The number of nitrogens with one attached hydrogen (secondary N) is 1. The van der Waals surface area contributed by atoms with Crippen molar-refractivity contribution in [1.29, 1.82) is 0 Å². The molecule has 1 amide bonds. The monoisotopic (exact) mass is 421 g/mol. The van der Waals surface area contributed by atoms with E-state index in [1.165, 1.54) is 0 Å². The largest absolute Gasteiger partial charge is 0.345 e. The van der Waals surface area contributed by atoms with Crippen molar-refractivity contribution in [3.63, 3.8) is 0 Å². The number of ether oxygens (including phenoxy) is 1. The van der Waals surface area contributed by atoms with Gasteiger partial charge in [-0.15, -0.1) is 0 Å². The summed E-state index contributed by atoms with van der Waals surface area (Å²) in [7, 11) is -1.51. The number of hydrogen-bond acceptors (Lipinski definition) is 3. The molecule has 0 aromatic heterocycles. The van der Waals surface area contributed by atoms with Crippen LogP contribution >= 0.6 is 15.9 Å². The van der Waals surface area contributed by atoms with Crippen LogP contribution in [0.4, 0.5) is 0 Å². The average Bonchev–Trinajstić information content (AvgIpc) is 3.32. The summed E-state index contributed by atoms with van der Waals surface area (Å²) in [5.41, 5.74) is 0.519. The summed E-state index contributed by atoms with van der Waals surface area (Å²) >= 11 is 3.41. The van der Waals surface area contributed by atoms with E-state index in [1.54, 1.807) is 0 Å². The Morgan fingerprint density at radius 3 is 2.28 bits per heavy atom. The molecule has 0 saturated carbocycles. The number of carbonyl (C=O) groups is 1. The SMILES string of the molecule is CC(C)(C)S(=O)NC(=O)[C@@]1(c2ccccc2)O[C@@H]1c1ccc(Br)cc1. The fourth-order valence-corrected chi connectivity index (χ4v) is 3.50. The molecule has 2 aromatic carbocycles. The molecular formula is C19H20BrNO3S. The van der Waals surface area contributed by atoms with Gasteiger partial charge in [0.1, 0.15) is 17.1 Å². The second-order valence-electron chi connectivity index (χ2n) is 6.96. The van der Waals surface area contributed by atoms with Crippen LogP contribution in [-0.4, -0.2) is 14.9 Å². The number of amides is 1. The first-order valence-electron chi connectivity index (χ1n) is 7.97. The zero-order valence-corrected chi connectivity index (χ0v) is 16.7. The van der Waals surface area contributed by atoms with Gasteiger partial charge in [-0.3, -0.25) is 9.52 Å². The van der Waals surface area contributed by atoms with E-state index in [2.05, 4.69) is 20.7 Å². The van der Waals surface area contributed by atoms with E-state index in [0.29, 0.717) is 0 Å². The molecule has 3 atom stereocenters. The number of carbonyl (C=O) groups excluding carboxylic acids is 1. The van der Waals surface area contributed by atoms with Gasteiger partial charge in [0.25, 0.3) is 5.91 Å². The number of rotatable bonds is 4. The second kappa shape index (κ2) is 6.67. The summed E-state index contributed by atoms with van der Waals surface area (Å²) in [6.45, 7) is 5.45. The van der Waals surface area contributed by atoms with Crippen LogP contribution in [0.3, 0.4) is 0 Å². The second-order valence-corrected chi connectivity index (χ2v) is 9.85. The molecule has 1 aliphatic heterocycles. The molecular weight excluding hydrogens is 402 g/mol. The highest BCUT2D eigenvalue weighted by Gasteiger charge is 2.64. The Labute approximate surface area is 158 Å². The van der Waals surface area contributed by atoms with Gasteiger partial charge in [-0.05, 0) is 44.0 Å². The smallest absolute Gasteiger partial charge is 0.271 e. The molecule has 25 heavy (non-hydrogen) atoms. The molecule has 1 aliphatic rings. The average molecular weight is 422 g/mol. The van der Waals surface area contributed by atoms with Crippen LogP contribution in [0.1, 0.15) is 38.0 Å². The van der Waals surface area contributed by atoms with E-state index in [1.807, 2.05) is 75.4 Å². The normalized spacial score (nSPS) is 23.8. The molecule has 0 radical (unpaired) electrons. The molecule has 1 unspecified atom stereocenters. The van der Waals surface area contributed by atoms with E-state index in [-0.39, 0.29) is 5.91 Å². The summed E-state index contributed by atoms with van der Waals surface area (Å²) in [6.07, 6.45) is -0.403. The third-order valence-corrected chi connectivity index (χ3v) is 6.08. The van der Waals surface area contributed by atoms with Crippen molar-refractivity contribution in [3.8, 4) is 0 Å². The summed E-state index contributed by atoms with van der Waals surface area (Å²) in [5.74, 6) is -0.375. The molecule has 1 heterocycles. The molecule has 0 aliphatic carbocycles. The van der Waals surface area contributed by atoms with Crippen molar-refractivity contribution in [2.24, 2.45) is 0 Å². The standard InChI is InChI=1S/C19H20BrNO3S/c1-18(2,3)25(23)21-17(22)19(14-7-5-4-6-8-14)16(24-19)13-9-11-15(20)12-10-13/h4-12,16H,1-3H3,(H,21,22)/t16-,19+,25?/m1/s1. The first-order valence-corrected chi connectivity index (χ1v) is 9.91. The highest BCUT2D eigenvalue weighted by Crippen LogP contribution is 2.57. The van der Waals surface area contributed by atoms with E-state index >= 15 is 0 Å². The Kier molecular flexibility index (Phi) is 4.88. The van der Waals surface area contributed by atoms with Crippen molar-refractivity contribution in [1.82, 2.24) is 4.72 Å². The fraction of sp³-hybridized carbons (Fsp3) is 0.316. The van der Waals surface area contributed by atoms with Gasteiger partial charge >= 0.3 is 0 Å². The van der Waals surface area contributed by atoms with Crippen molar-refractivity contribution in [2.75, 3.05) is 0 Å². The van der Waals surface area contributed by atoms with Crippen LogP contribution in [0.5, 0.6) is 0 Å². The lowest BCUT2D eigenvalue weighted by Crippen LogP contribution is -2.43. The molecule has 132 valence electrons. The van der Waals surface area contributed by atoms with Gasteiger partial charge in [-0.1, -0.05) is 58.4 Å². The Hall–Kier alpha value is -1.50. The summed E-state index contributed by atoms with van der Waals surface area (Å²) in [5, 5.41) is 0. The number of halogens is 1. The Balaban J connectivity index is 1.94. The lowest BCUT2D eigenvalue weighted by molar-refractivity contribution is -0.124. The van der Waals surface area contributed by atoms with Crippen molar-refractivity contribution in [2.45, 2.75) is 37.2 Å². The predicted octanol–water partition coefficient (Wildman–Crippen LogP) is 3.99. The highest BCUT2D eigenvalue weighted by atomic mass is 79.9. The Bertz CT molecular complexity index is 802. The molecule has 4 nitrogen and oxygen atoms in total. The van der Waals surface area contributed by atoms with E-state index < -0.39 is 27.4 Å². The van der Waals surface area contributed by atoms with Gasteiger partial charge in [0.05, 0.1) is 4.75 Å². The lowest BCUT2D eigenvalue weighted by atomic mass is 9.91. The van der Waals surface area contributed by atoms with Gasteiger partial charge in [-0.2, -0.15) is 0 Å². The van der Waals surface area contributed by atoms with Crippen LogP contribution in [-0.2, 0) is 26.1 Å². The summed E-state index contributed by atoms with van der Waals surface area (Å²) in [4.78, 5) is 13.0. The molecule has 6 heteroatoms. The highest BCUT2D eigenvalue weighted by molar-refractivity contribution is 9.10.